The summed E-state index contributed by atoms with van der Waals surface area (Å²) in [5.74, 6) is 1.02. The summed E-state index contributed by atoms with van der Waals surface area (Å²) in [5.41, 5.74) is 8.63. The van der Waals surface area contributed by atoms with E-state index in [2.05, 4.69) is 16.0 Å². The molecule has 2 aromatic carbocycles. The number of ether oxygens (including phenoxy) is 1. The van der Waals surface area contributed by atoms with Gasteiger partial charge in [0.15, 0.2) is 0 Å². The van der Waals surface area contributed by atoms with Crippen molar-refractivity contribution in [2.24, 2.45) is 0 Å². The molecule has 0 fully saturated rings. The predicted molar refractivity (Wildman–Crippen MR) is 79.9 cm³/mol. The van der Waals surface area contributed by atoms with Crippen molar-refractivity contribution in [2.75, 3.05) is 5.73 Å². The Labute approximate surface area is 121 Å². The van der Waals surface area contributed by atoms with E-state index in [1.165, 1.54) is 6.33 Å². The lowest BCUT2D eigenvalue weighted by Crippen LogP contribution is -1.94. The Hall–Kier alpha value is -3.13. The molecule has 5 nitrogen and oxygen atoms in total. The van der Waals surface area contributed by atoms with Crippen LogP contribution in [0.4, 0.5) is 5.69 Å². The second kappa shape index (κ2) is 5.10. The summed E-state index contributed by atoms with van der Waals surface area (Å²) in [6.45, 7) is 1.91. The van der Waals surface area contributed by atoms with Crippen LogP contribution in [0, 0.1) is 18.3 Å². The summed E-state index contributed by atoms with van der Waals surface area (Å²) in [7, 11) is 0. The second-order valence-electron chi connectivity index (χ2n) is 4.65. The molecule has 0 radical (unpaired) electrons. The van der Waals surface area contributed by atoms with Crippen molar-refractivity contribution in [3.05, 3.63) is 53.9 Å². The summed E-state index contributed by atoms with van der Waals surface area (Å²) in [6.07, 6.45) is 1.44. The quantitative estimate of drug-likeness (QED) is 0.726. The Morgan fingerprint density at radius 3 is 2.81 bits per heavy atom. The molecule has 5 heteroatoms. The van der Waals surface area contributed by atoms with Crippen molar-refractivity contribution in [1.82, 2.24) is 9.97 Å². The van der Waals surface area contributed by atoms with Gasteiger partial charge in [-0.25, -0.2) is 9.97 Å². The van der Waals surface area contributed by atoms with Crippen LogP contribution in [0.3, 0.4) is 0 Å². The Morgan fingerprint density at radius 1 is 1.14 bits per heavy atom. The molecule has 3 aromatic rings. The second-order valence-corrected chi connectivity index (χ2v) is 4.65. The first kappa shape index (κ1) is 12.9. The summed E-state index contributed by atoms with van der Waals surface area (Å²) in [6, 6.07) is 12.7. The summed E-state index contributed by atoms with van der Waals surface area (Å²) >= 11 is 0. The first-order valence-corrected chi connectivity index (χ1v) is 6.36. The minimum absolute atomic E-state index is 0.422. The zero-order valence-corrected chi connectivity index (χ0v) is 11.4. The Kier molecular flexibility index (Phi) is 3.13. The van der Waals surface area contributed by atoms with Gasteiger partial charge in [0.05, 0.1) is 22.5 Å². The van der Waals surface area contributed by atoms with Gasteiger partial charge in [0.25, 0.3) is 0 Å². The number of hydrogen-bond acceptors (Lipinski definition) is 5. The van der Waals surface area contributed by atoms with Crippen LogP contribution in [0.15, 0.2) is 42.7 Å². The molecule has 0 bridgehead atoms. The zero-order valence-electron chi connectivity index (χ0n) is 11.4. The van der Waals surface area contributed by atoms with Gasteiger partial charge < -0.3 is 10.5 Å². The van der Waals surface area contributed by atoms with Gasteiger partial charge in [0, 0.05) is 5.69 Å². The molecule has 0 saturated heterocycles. The molecular formula is C16H12N4O. The van der Waals surface area contributed by atoms with Crippen LogP contribution < -0.4 is 10.5 Å². The molecule has 0 spiro atoms. The molecule has 0 aliphatic carbocycles. The van der Waals surface area contributed by atoms with Crippen molar-refractivity contribution in [1.29, 1.82) is 5.26 Å². The van der Waals surface area contributed by atoms with E-state index in [1.54, 1.807) is 24.3 Å². The molecular weight excluding hydrogens is 264 g/mol. The molecule has 0 atom stereocenters. The number of rotatable bonds is 2. The van der Waals surface area contributed by atoms with Crippen LogP contribution in [0.2, 0.25) is 0 Å². The Bertz CT molecular complexity index is 868. The largest absolute Gasteiger partial charge is 0.438 e. The highest BCUT2D eigenvalue weighted by molar-refractivity contribution is 5.86. The van der Waals surface area contributed by atoms with E-state index in [-0.39, 0.29) is 0 Å². The number of benzene rings is 2. The number of aryl methyl sites for hydroxylation is 1. The van der Waals surface area contributed by atoms with E-state index in [0.29, 0.717) is 22.9 Å². The van der Waals surface area contributed by atoms with Crippen LogP contribution in [0.1, 0.15) is 11.1 Å². The van der Waals surface area contributed by atoms with Crippen molar-refractivity contribution in [3.8, 4) is 17.7 Å². The molecule has 1 heterocycles. The Morgan fingerprint density at radius 2 is 2.00 bits per heavy atom. The van der Waals surface area contributed by atoms with E-state index < -0.39 is 0 Å². The fourth-order valence-corrected chi connectivity index (χ4v) is 2.02. The predicted octanol–water partition coefficient (Wildman–Crippen LogP) is 3.18. The van der Waals surface area contributed by atoms with Gasteiger partial charge in [-0.3, -0.25) is 0 Å². The Balaban J connectivity index is 2.10. The topological polar surface area (TPSA) is 84.8 Å². The maximum Gasteiger partial charge on any atom is 0.230 e. The number of anilines is 1. The average Bonchev–Trinajstić information content (AvgIpc) is 2.50. The third-order valence-electron chi connectivity index (χ3n) is 3.15. The maximum atomic E-state index is 8.98. The van der Waals surface area contributed by atoms with Gasteiger partial charge in [-0.1, -0.05) is 6.07 Å². The standard InChI is InChI=1S/C16H12N4O/c1-10-2-3-11(8-17)6-15(10)21-16-13-7-12(18)4-5-14(13)19-9-20-16/h2-7,9H,18H2,1H3. The lowest BCUT2D eigenvalue weighted by Gasteiger charge is -2.10. The number of nitrogens with zero attached hydrogens (tertiary/aromatic N) is 3. The maximum absolute atomic E-state index is 8.98. The zero-order chi connectivity index (χ0) is 14.8. The van der Waals surface area contributed by atoms with E-state index in [9.17, 15) is 0 Å². The minimum atomic E-state index is 0.422. The number of fused-ring (bicyclic) bond motifs is 1. The molecule has 0 aliphatic rings. The van der Waals surface area contributed by atoms with Gasteiger partial charge in [-0.15, -0.1) is 0 Å². The summed E-state index contributed by atoms with van der Waals surface area (Å²) < 4.78 is 5.86. The van der Waals surface area contributed by atoms with Gasteiger partial charge >= 0.3 is 0 Å². The van der Waals surface area contributed by atoms with Crippen molar-refractivity contribution < 1.29 is 4.74 Å². The van der Waals surface area contributed by atoms with E-state index in [0.717, 1.165) is 16.5 Å². The number of nitrogen functional groups attached to an aromatic ring is 1. The van der Waals surface area contributed by atoms with Crippen LogP contribution in [0.25, 0.3) is 10.9 Å². The molecule has 0 unspecified atom stereocenters. The van der Waals surface area contributed by atoms with E-state index in [1.807, 2.05) is 19.1 Å². The fourth-order valence-electron chi connectivity index (χ4n) is 2.02. The number of nitrogens with two attached hydrogens (primary N) is 1. The van der Waals surface area contributed by atoms with E-state index >= 15 is 0 Å². The molecule has 102 valence electrons. The van der Waals surface area contributed by atoms with Crippen LogP contribution in [-0.4, -0.2) is 9.97 Å². The van der Waals surface area contributed by atoms with Crippen molar-refractivity contribution in [2.45, 2.75) is 6.92 Å². The minimum Gasteiger partial charge on any atom is -0.438 e. The molecule has 0 saturated carbocycles. The molecule has 0 amide bonds. The van der Waals surface area contributed by atoms with Crippen LogP contribution >= 0.6 is 0 Å². The van der Waals surface area contributed by atoms with Crippen molar-refractivity contribution in [3.63, 3.8) is 0 Å². The monoisotopic (exact) mass is 276 g/mol. The van der Waals surface area contributed by atoms with Gasteiger partial charge in [0.1, 0.15) is 12.1 Å². The van der Waals surface area contributed by atoms with Crippen LogP contribution in [0.5, 0.6) is 11.6 Å². The van der Waals surface area contributed by atoms with E-state index in [4.69, 9.17) is 15.7 Å². The third-order valence-corrected chi connectivity index (χ3v) is 3.15. The fraction of sp³-hybridized carbons (Fsp3) is 0.0625. The molecule has 21 heavy (non-hydrogen) atoms. The van der Waals surface area contributed by atoms with Gasteiger partial charge in [0.2, 0.25) is 5.88 Å². The lowest BCUT2D eigenvalue weighted by atomic mass is 10.1. The normalized spacial score (nSPS) is 10.3. The van der Waals surface area contributed by atoms with Gasteiger partial charge in [-0.05, 0) is 42.8 Å². The highest BCUT2D eigenvalue weighted by Gasteiger charge is 2.09. The SMILES string of the molecule is Cc1ccc(C#N)cc1Oc1ncnc2ccc(N)cc12. The first-order chi connectivity index (χ1) is 10.2. The number of nitriles is 1. The molecule has 1 aromatic heterocycles. The smallest absolute Gasteiger partial charge is 0.230 e. The number of hydrogen-bond donors (Lipinski definition) is 1. The molecule has 2 N–H and O–H groups in total. The first-order valence-electron chi connectivity index (χ1n) is 6.36. The number of aromatic nitrogens is 2. The summed E-state index contributed by atoms with van der Waals surface area (Å²) in [4.78, 5) is 8.35. The highest BCUT2D eigenvalue weighted by Crippen LogP contribution is 2.30. The van der Waals surface area contributed by atoms with Crippen molar-refractivity contribution >= 4 is 16.6 Å². The molecule has 3 rings (SSSR count). The molecule has 0 aliphatic heterocycles. The van der Waals surface area contributed by atoms with Gasteiger partial charge in [-0.2, -0.15) is 5.26 Å². The summed E-state index contributed by atoms with van der Waals surface area (Å²) in [5, 5.41) is 9.71. The van der Waals surface area contributed by atoms with Crippen LogP contribution in [-0.2, 0) is 0 Å². The average molecular weight is 276 g/mol. The third kappa shape index (κ3) is 2.47. The highest BCUT2D eigenvalue weighted by atomic mass is 16.5. The lowest BCUT2D eigenvalue weighted by molar-refractivity contribution is 0.464.